The smallest absolute Gasteiger partial charge is 0.0369 e. The van der Waals surface area contributed by atoms with E-state index in [1.807, 2.05) is 0 Å². The van der Waals surface area contributed by atoms with Crippen LogP contribution in [0.25, 0.3) is 0 Å². The Kier molecular flexibility index (Phi) is 5.83. The lowest BCUT2D eigenvalue weighted by molar-refractivity contribution is 0.0436. The zero-order chi connectivity index (χ0) is 15.3. The van der Waals surface area contributed by atoms with E-state index in [1.165, 1.54) is 31.2 Å². The van der Waals surface area contributed by atoms with Gasteiger partial charge in [-0.25, -0.2) is 0 Å². The van der Waals surface area contributed by atoms with Crippen molar-refractivity contribution in [3.63, 3.8) is 0 Å². The van der Waals surface area contributed by atoms with Gasteiger partial charge in [-0.2, -0.15) is 0 Å². The van der Waals surface area contributed by atoms with Gasteiger partial charge in [-0.05, 0) is 44.2 Å². The summed E-state index contributed by atoms with van der Waals surface area (Å²) in [6, 6.07) is 11.5. The van der Waals surface area contributed by atoms with Crippen LogP contribution < -0.4 is 5.73 Å². The van der Waals surface area contributed by atoms with Gasteiger partial charge in [0, 0.05) is 18.1 Å². The zero-order valence-corrected chi connectivity index (χ0v) is 14.0. The molecule has 2 heteroatoms. The third kappa shape index (κ3) is 3.87. The van der Waals surface area contributed by atoms with E-state index in [2.05, 4.69) is 56.1 Å². The predicted molar refractivity (Wildman–Crippen MR) is 91.4 cm³/mol. The van der Waals surface area contributed by atoms with Crippen molar-refractivity contribution in [3.8, 4) is 0 Å². The second-order valence-corrected chi connectivity index (χ2v) is 6.98. The van der Waals surface area contributed by atoms with Gasteiger partial charge >= 0.3 is 0 Å². The molecule has 0 saturated heterocycles. The number of nitrogens with zero attached hydrogens (tertiary/aromatic N) is 1. The van der Waals surface area contributed by atoms with Crippen molar-refractivity contribution in [3.05, 3.63) is 35.9 Å². The lowest BCUT2D eigenvalue weighted by atomic mass is 9.80. The van der Waals surface area contributed by atoms with Gasteiger partial charge in [0.05, 0.1) is 0 Å². The molecular weight excluding hydrogens is 256 g/mol. The van der Waals surface area contributed by atoms with Crippen LogP contribution in [0.15, 0.2) is 30.3 Å². The number of likely N-dealkylation sites (N-methyl/N-ethyl adjacent to an activating group) is 1. The fourth-order valence-corrected chi connectivity index (χ4v) is 3.98. The van der Waals surface area contributed by atoms with E-state index in [1.54, 1.807) is 0 Å². The lowest BCUT2D eigenvalue weighted by Gasteiger charge is -2.47. The number of hydrogen-bond acceptors (Lipinski definition) is 2. The van der Waals surface area contributed by atoms with Crippen LogP contribution >= 0.6 is 0 Å². The second kappa shape index (κ2) is 7.42. The predicted octanol–water partition coefficient (Wildman–Crippen LogP) is 3.85. The second-order valence-electron chi connectivity index (χ2n) is 6.98. The number of hydrogen-bond donors (Lipinski definition) is 1. The summed E-state index contributed by atoms with van der Waals surface area (Å²) in [5.41, 5.74) is 7.77. The summed E-state index contributed by atoms with van der Waals surface area (Å²) in [5.74, 6) is 0.857. The molecule has 0 aliphatic heterocycles. The standard InChI is InChI=1S/C19H32N2/c1-4-19(15-20,14-17-10-6-5-7-11-17)21(3)18-12-8-9-16(2)13-18/h5-7,10-11,16,18H,4,8-9,12-15,20H2,1-3H3. The van der Waals surface area contributed by atoms with E-state index in [0.717, 1.165) is 25.3 Å². The van der Waals surface area contributed by atoms with Gasteiger partial charge < -0.3 is 5.73 Å². The summed E-state index contributed by atoms with van der Waals surface area (Å²) >= 11 is 0. The Labute approximate surface area is 130 Å². The molecule has 2 N–H and O–H groups in total. The van der Waals surface area contributed by atoms with Gasteiger partial charge in [-0.1, -0.05) is 57.0 Å². The summed E-state index contributed by atoms with van der Waals surface area (Å²) in [6.45, 7) is 5.42. The van der Waals surface area contributed by atoms with Crippen molar-refractivity contribution >= 4 is 0 Å². The van der Waals surface area contributed by atoms with Crippen LogP contribution in [0.1, 0.15) is 51.5 Å². The molecule has 0 bridgehead atoms. The molecule has 0 radical (unpaired) electrons. The molecule has 0 aromatic heterocycles. The fourth-order valence-electron chi connectivity index (χ4n) is 3.98. The highest BCUT2D eigenvalue weighted by Gasteiger charge is 2.36. The van der Waals surface area contributed by atoms with Crippen molar-refractivity contribution < 1.29 is 0 Å². The average Bonchev–Trinajstić information content (AvgIpc) is 2.53. The van der Waals surface area contributed by atoms with E-state index in [9.17, 15) is 0 Å². The zero-order valence-electron chi connectivity index (χ0n) is 14.0. The Morgan fingerprint density at radius 3 is 2.52 bits per heavy atom. The molecular formula is C19H32N2. The molecule has 3 unspecified atom stereocenters. The minimum absolute atomic E-state index is 0.100. The first-order chi connectivity index (χ1) is 10.1. The average molecular weight is 288 g/mol. The molecule has 0 spiro atoms. The molecule has 1 aliphatic rings. The quantitative estimate of drug-likeness (QED) is 0.861. The molecule has 0 amide bonds. The molecule has 21 heavy (non-hydrogen) atoms. The van der Waals surface area contributed by atoms with Gasteiger partial charge in [-0.15, -0.1) is 0 Å². The first-order valence-electron chi connectivity index (χ1n) is 8.58. The third-order valence-corrected chi connectivity index (χ3v) is 5.62. The molecule has 2 rings (SSSR count). The van der Waals surface area contributed by atoms with Crippen molar-refractivity contribution in [1.82, 2.24) is 4.90 Å². The SMILES string of the molecule is CCC(CN)(Cc1ccccc1)N(C)C1CCCC(C)C1. The van der Waals surface area contributed by atoms with Gasteiger partial charge in [0.2, 0.25) is 0 Å². The van der Waals surface area contributed by atoms with Crippen molar-refractivity contribution in [2.24, 2.45) is 11.7 Å². The van der Waals surface area contributed by atoms with Crippen LogP contribution in [-0.2, 0) is 6.42 Å². The topological polar surface area (TPSA) is 29.3 Å². The van der Waals surface area contributed by atoms with Crippen LogP contribution in [0.2, 0.25) is 0 Å². The molecule has 2 nitrogen and oxygen atoms in total. The van der Waals surface area contributed by atoms with E-state index < -0.39 is 0 Å². The summed E-state index contributed by atoms with van der Waals surface area (Å²) in [5, 5.41) is 0. The van der Waals surface area contributed by atoms with Crippen LogP contribution in [0, 0.1) is 5.92 Å². The van der Waals surface area contributed by atoms with E-state index in [-0.39, 0.29) is 5.54 Å². The maximum Gasteiger partial charge on any atom is 0.0369 e. The minimum atomic E-state index is 0.100. The number of nitrogens with two attached hydrogens (primary N) is 1. The summed E-state index contributed by atoms with van der Waals surface area (Å²) in [6.07, 6.45) is 7.59. The molecule has 1 aromatic rings. The summed E-state index contributed by atoms with van der Waals surface area (Å²) < 4.78 is 0. The maximum absolute atomic E-state index is 6.27. The number of rotatable bonds is 6. The Balaban J connectivity index is 2.15. The highest BCUT2D eigenvalue weighted by molar-refractivity contribution is 5.18. The number of benzene rings is 1. The molecule has 118 valence electrons. The summed E-state index contributed by atoms with van der Waals surface area (Å²) in [4.78, 5) is 2.62. The van der Waals surface area contributed by atoms with Crippen molar-refractivity contribution in [2.75, 3.05) is 13.6 Å². The molecule has 1 aliphatic carbocycles. The van der Waals surface area contributed by atoms with E-state index >= 15 is 0 Å². The van der Waals surface area contributed by atoms with Crippen LogP contribution in [0.3, 0.4) is 0 Å². The normalized spacial score (nSPS) is 25.8. The lowest BCUT2D eigenvalue weighted by Crippen LogP contribution is -2.57. The molecule has 0 heterocycles. The molecule has 1 fully saturated rings. The maximum atomic E-state index is 6.27. The van der Waals surface area contributed by atoms with Gasteiger partial charge in [0.25, 0.3) is 0 Å². The van der Waals surface area contributed by atoms with Gasteiger partial charge in [0.1, 0.15) is 0 Å². The molecule has 1 saturated carbocycles. The highest BCUT2D eigenvalue weighted by Crippen LogP contribution is 2.33. The highest BCUT2D eigenvalue weighted by atomic mass is 15.2. The first kappa shape index (κ1) is 16.5. The monoisotopic (exact) mass is 288 g/mol. The van der Waals surface area contributed by atoms with Crippen LogP contribution in [0.4, 0.5) is 0 Å². The van der Waals surface area contributed by atoms with E-state index in [4.69, 9.17) is 5.73 Å². The Morgan fingerprint density at radius 2 is 1.95 bits per heavy atom. The van der Waals surface area contributed by atoms with Crippen molar-refractivity contribution in [2.45, 2.75) is 64.0 Å². The summed E-state index contributed by atoms with van der Waals surface area (Å²) in [7, 11) is 2.31. The molecule has 1 aromatic carbocycles. The van der Waals surface area contributed by atoms with Gasteiger partial charge in [-0.3, -0.25) is 4.90 Å². The Morgan fingerprint density at radius 1 is 1.24 bits per heavy atom. The Hall–Kier alpha value is -0.860. The largest absolute Gasteiger partial charge is 0.329 e. The van der Waals surface area contributed by atoms with E-state index in [0.29, 0.717) is 6.04 Å². The molecule has 3 atom stereocenters. The van der Waals surface area contributed by atoms with Gasteiger partial charge in [0.15, 0.2) is 0 Å². The third-order valence-electron chi connectivity index (χ3n) is 5.62. The van der Waals surface area contributed by atoms with Crippen LogP contribution in [0.5, 0.6) is 0 Å². The van der Waals surface area contributed by atoms with Crippen LogP contribution in [-0.4, -0.2) is 30.1 Å². The fraction of sp³-hybridized carbons (Fsp3) is 0.684. The minimum Gasteiger partial charge on any atom is -0.329 e. The van der Waals surface area contributed by atoms with Crippen molar-refractivity contribution in [1.29, 1.82) is 0 Å². The Bertz CT molecular complexity index is 411. The first-order valence-corrected chi connectivity index (χ1v) is 8.58.